The van der Waals surface area contributed by atoms with Crippen molar-refractivity contribution in [3.05, 3.63) is 57.6 Å². The quantitative estimate of drug-likeness (QED) is 0.632. The van der Waals surface area contributed by atoms with Gasteiger partial charge in [-0.1, -0.05) is 30.1 Å². The van der Waals surface area contributed by atoms with E-state index in [0.29, 0.717) is 22.9 Å². The lowest BCUT2D eigenvalue weighted by Gasteiger charge is -2.18. The standard InChI is InChI=1S/C20H21Cl2NO4/c1-4-18(27-14-7-9-16(21)12(3)10-14)19(24)23-13-6-8-15(17(22)11-13)20(25)26-5-2/h6-11,18H,4-5H2,1-3H3,(H,23,24)/t18-/m0/s1. The summed E-state index contributed by atoms with van der Waals surface area (Å²) >= 11 is 12.1. The Hall–Kier alpha value is -2.24. The van der Waals surface area contributed by atoms with Crippen molar-refractivity contribution in [3.8, 4) is 5.75 Å². The Morgan fingerprint density at radius 1 is 1.07 bits per heavy atom. The summed E-state index contributed by atoms with van der Waals surface area (Å²) < 4.78 is 10.7. The number of carbonyl (C=O) groups is 2. The van der Waals surface area contributed by atoms with Gasteiger partial charge in [-0.15, -0.1) is 0 Å². The molecule has 0 bridgehead atoms. The van der Waals surface area contributed by atoms with Crippen molar-refractivity contribution in [2.24, 2.45) is 0 Å². The maximum atomic E-state index is 12.5. The number of carbonyl (C=O) groups excluding carboxylic acids is 2. The smallest absolute Gasteiger partial charge is 0.339 e. The number of amides is 1. The van der Waals surface area contributed by atoms with Gasteiger partial charge in [0.05, 0.1) is 17.2 Å². The molecule has 7 heteroatoms. The lowest BCUT2D eigenvalue weighted by Crippen LogP contribution is -2.32. The summed E-state index contributed by atoms with van der Waals surface area (Å²) in [6.45, 7) is 5.69. The number of nitrogens with one attached hydrogen (secondary N) is 1. The molecule has 5 nitrogen and oxygen atoms in total. The molecular formula is C20H21Cl2NO4. The molecule has 0 saturated heterocycles. The van der Waals surface area contributed by atoms with E-state index in [1.165, 1.54) is 12.1 Å². The van der Waals surface area contributed by atoms with Crippen molar-refractivity contribution in [2.45, 2.75) is 33.3 Å². The molecule has 0 fully saturated rings. The molecule has 0 aliphatic carbocycles. The van der Waals surface area contributed by atoms with E-state index in [9.17, 15) is 9.59 Å². The molecule has 2 aromatic carbocycles. The molecule has 144 valence electrons. The molecule has 0 aliphatic rings. The fraction of sp³-hybridized carbons (Fsp3) is 0.300. The van der Waals surface area contributed by atoms with E-state index in [4.69, 9.17) is 32.7 Å². The summed E-state index contributed by atoms with van der Waals surface area (Å²) in [4.78, 5) is 24.3. The summed E-state index contributed by atoms with van der Waals surface area (Å²) in [5.41, 5.74) is 1.58. The Kier molecular flexibility index (Phi) is 7.51. The number of rotatable bonds is 7. The fourth-order valence-corrected chi connectivity index (χ4v) is 2.74. The molecule has 0 aliphatic heterocycles. The predicted octanol–water partition coefficient (Wildman–Crippen LogP) is 5.27. The number of anilines is 1. The first kappa shape index (κ1) is 21.1. The van der Waals surface area contributed by atoms with Crippen molar-refractivity contribution in [2.75, 3.05) is 11.9 Å². The molecule has 1 N–H and O–H groups in total. The molecule has 1 atom stereocenters. The zero-order valence-corrected chi connectivity index (χ0v) is 16.9. The normalized spacial score (nSPS) is 11.6. The SMILES string of the molecule is CCOC(=O)c1ccc(NC(=O)[C@H](CC)Oc2ccc(Cl)c(C)c2)cc1Cl. The van der Waals surface area contributed by atoms with Gasteiger partial charge in [0.2, 0.25) is 0 Å². The van der Waals surface area contributed by atoms with Crippen LogP contribution < -0.4 is 10.1 Å². The summed E-state index contributed by atoms with van der Waals surface area (Å²) in [5.74, 6) is -0.257. The van der Waals surface area contributed by atoms with Gasteiger partial charge in [-0.05, 0) is 62.2 Å². The Morgan fingerprint density at radius 2 is 1.81 bits per heavy atom. The Bertz CT molecular complexity index is 839. The Labute approximate surface area is 168 Å². The van der Waals surface area contributed by atoms with E-state index in [1.807, 2.05) is 13.8 Å². The monoisotopic (exact) mass is 409 g/mol. The van der Waals surface area contributed by atoms with Crippen molar-refractivity contribution >= 4 is 40.8 Å². The van der Waals surface area contributed by atoms with E-state index in [-0.39, 0.29) is 23.1 Å². The minimum absolute atomic E-state index is 0.202. The highest BCUT2D eigenvalue weighted by molar-refractivity contribution is 6.34. The lowest BCUT2D eigenvalue weighted by atomic mass is 10.2. The highest BCUT2D eigenvalue weighted by atomic mass is 35.5. The third-order valence-corrected chi connectivity index (χ3v) is 4.54. The third-order valence-electron chi connectivity index (χ3n) is 3.80. The second-order valence-electron chi connectivity index (χ2n) is 5.83. The minimum Gasteiger partial charge on any atom is -0.481 e. The summed E-state index contributed by atoms with van der Waals surface area (Å²) in [6.07, 6.45) is -0.212. The molecule has 2 rings (SSSR count). The fourth-order valence-electron chi connectivity index (χ4n) is 2.37. The Balaban J connectivity index is 2.08. The van der Waals surface area contributed by atoms with Crippen LogP contribution in [0.1, 0.15) is 36.2 Å². The minimum atomic E-state index is -0.686. The predicted molar refractivity (Wildman–Crippen MR) is 107 cm³/mol. The van der Waals surface area contributed by atoms with Crippen molar-refractivity contribution in [1.82, 2.24) is 0 Å². The molecule has 2 aromatic rings. The molecule has 0 heterocycles. The average Bonchev–Trinajstić information content (AvgIpc) is 2.62. The molecular weight excluding hydrogens is 389 g/mol. The number of hydrogen-bond donors (Lipinski definition) is 1. The van der Waals surface area contributed by atoms with E-state index in [2.05, 4.69) is 5.32 Å². The van der Waals surface area contributed by atoms with Crippen LogP contribution in [0, 0.1) is 6.92 Å². The zero-order chi connectivity index (χ0) is 20.0. The maximum Gasteiger partial charge on any atom is 0.339 e. The van der Waals surface area contributed by atoms with Crippen LogP contribution in [0.3, 0.4) is 0 Å². The largest absolute Gasteiger partial charge is 0.481 e. The second kappa shape index (κ2) is 9.62. The third kappa shape index (κ3) is 5.62. The molecule has 1 amide bonds. The number of ether oxygens (including phenoxy) is 2. The van der Waals surface area contributed by atoms with Crippen molar-refractivity contribution in [3.63, 3.8) is 0 Å². The van der Waals surface area contributed by atoms with Gasteiger partial charge in [-0.3, -0.25) is 4.79 Å². The number of esters is 1. The van der Waals surface area contributed by atoms with Crippen LogP contribution in [0.15, 0.2) is 36.4 Å². The van der Waals surface area contributed by atoms with Gasteiger partial charge in [-0.25, -0.2) is 4.79 Å². The molecule has 27 heavy (non-hydrogen) atoms. The zero-order valence-electron chi connectivity index (χ0n) is 15.3. The van der Waals surface area contributed by atoms with Crippen LogP contribution in [-0.2, 0) is 9.53 Å². The van der Waals surface area contributed by atoms with E-state index in [1.54, 1.807) is 31.2 Å². The Morgan fingerprint density at radius 3 is 2.41 bits per heavy atom. The van der Waals surface area contributed by atoms with Gasteiger partial charge in [0.15, 0.2) is 6.10 Å². The molecule has 0 spiro atoms. The highest BCUT2D eigenvalue weighted by Crippen LogP contribution is 2.24. The van der Waals surface area contributed by atoms with Gasteiger partial charge in [-0.2, -0.15) is 0 Å². The van der Waals surface area contributed by atoms with Crippen LogP contribution in [0.4, 0.5) is 5.69 Å². The van der Waals surface area contributed by atoms with E-state index in [0.717, 1.165) is 5.56 Å². The number of aryl methyl sites for hydroxylation is 1. The first-order valence-corrected chi connectivity index (χ1v) is 9.31. The number of hydrogen-bond acceptors (Lipinski definition) is 4. The van der Waals surface area contributed by atoms with Crippen LogP contribution in [0.2, 0.25) is 10.0 Å². The van der Waals surface area contributed by atoms with E-state index < -0.39 is 12.1 Å². The number of halogens is 2. The van der Waals surface area contributed by atoms with Gasteiger partial charge in [0.25, 0.3) is 5.91 Å². The molecule has 0 unspecified atom stereocenters. The topological polar surface area (TPSA) is 64.6 Å². The lowest BCUT2D eigenvalue weighted by molar-refractivity contribution is -0.122. The molecule has 0 radical (unpaired) electrons. The van der Waals surface area contributed by atoms with Crippen molar-refractivity contribution < 1.29 is 19.1 Å². The molecule has 0 aromatic heterocycles. The highest BCUT2D eigenvalue weighted by Gasteiger charge is 2.20. The van der Waals surface area contributed by atoms with Gasteiger partial charge in [0, 0.05) is 10.7 Å². The van der Waals surface area contributed by atoms with Crippen LogP contribution >= 0.6 is 23.2 Å². The van der Waals surface area contributed by atoms with Crippen LogP contribution in [-0.4, -0.2) is 24.6 Å². The summed E-state index contributed by atoms with van der Waals surface area (Å²) in [5, 5.41) is 3.59. The maximum absolute atomic E-state index is 12.5. The van der Waals surface area contributed by atoms with E-state index >= 15 is 0 Å². The van der Waals surface area contributed by atoms with Gasteiger partial charge >= 0.3 is 5.97 Å². The average molecular weight is 410 g/mol. The summed E-state index contributed by atoms with van der Waals surface area (Å²) in [7, 11) is 0. The second-order valence-corrected chi connectivity index (χ2v) is 6.64. The van der Waals surface area contributed by atoms with Crippen LogP contribution in [0.25, 0.3) is 0 Å². The van der Waals surface area contributed by atoms with Gasteiger partial charge in [0.1, 0.15) is 5.75 Å². The number of benzene rings is 2. The molecule has 0 saturated carbocycles. The van der Waals surface area contributed by atoms with Gasteiger partial charge < -0.3 is 14.8 Å². The first-order valence-electron chi connectivity index (χ1n) is 8.56. The van der Waals surface area contributed by atoms with Crippen molar-refractivity contribution in [1.29, 1.82) is 0 Å². The summed E-state index contributed by atoms with van der Waals surface area (Å²) in [6, 6.07) is 9.84. The first-order chi connectivity index (χ1) is 12.8. The van der Waals surface area contributed by atoms with Crippen LogP contribution in [0.5, 0.6) is 5.75 Å².